The van der Waals surface area contributed by atoms with Gasteiger partial charge in [-0.1, -0.05) is 5.16 Å². The van der Waals surface area contributed by atoms with Crippen LogP contribution in [0.4, 0.5) is 0 Å². The Morgan fingerprint density at radius 1 is 1.67 bits per heavy atom. The van der Waals surface area contributed by atoms with Gasteiger partial charge in [-0.3, -0.25) is 0 Å². The zero-order chi connectivity index (χ0) is 8.81. The van der Waals surface area contributed by atoms with Crippen molar-refractivity contribution in [1.82, 2.24) is 5.16 Å². The minimum absolute atomic E-state index is 0.207. The van der Waals surface area contributed by atoms with Crippen LogP contribution in [0.2, 0.25) is 0 Å². The fourth-order valence-corrected chi connectivity index (χ4v) is 1.37. The Kier molecular flexibility index (Phi) is 4.18. The van der Waals surface area contributed by atoms with Gasteiger partial charge >= 0.3 is 0 Å². The van der Waals surface area contributed by atoms with Crippen molar-refractivity contribution in [3.05, 3.63) is 17.5 Å². The van der Waals surface area contributed by atoms with Crippen LogP contribution >= 0.6 is 11.8 Å². The van der Waals surface area contributed by atoms with Crippen LogP contribution in [-0.2, 0) is 12.2 Å². The van der Waals surface area contributed by atoms with Gasteiger partial charge in [0.15, 0.2) is 0 Å². The second kappa shape index (κ2) is 5.22. The summed E-state index contributed by atoms with van der Waals surface area (Å²) in [5.74, 6) is 1.76. The minimum atomic E-state index is 0.207. The third-order valence-electron chi connectivity index (χ3n) is 1.48. The van der Waals surface area contributed by atoms with E-state index < -0.39 is 0 Å². The summed E-state index contributed by atoms with van der Waals surface area (Å²) in [6, 6.07) is 1.95. The number of hydrogen-bond acceptors (Lipinski definition) is 4. The number of aliphatic hydroxyl groups excluding tert-OH is 1. The maximum absolute atomic E-state index is 8.57. The van der Waals surface area contributed by atoms with E-state index in [0.29, 0.717) is 0 Å². The lowest BCUT2D eigenvalue weighted by Gasteiger charge is -1.88. The van der Waals surface area contributed by atoms with E-state index in [0.717, 1.165) is 30.0 Å². The summed E-state index contributed by atoms with van der Waals surface area (Å²) in [5, 5.41) is 12.5. The first-order valence-corrected chi connectivity index (χ1v) is 5.30. The van der Waals surface area contributed by atoms with Gasteiger partial charge < -0.3 is 9.63 Å². The fourth-order valence-electron chi connectivity index (χ4n) is 0.943. The molecule has 0 saturated carbocycles. The van der Waals surface area contributed by atoms with Crippen molar-refractivity contribution < 1.29 is 9.63 Å². The summed E-state index contributed by atoms with van der Waals surface area (Å²) in [6.45, 7) is 0.207. The summed E-state index contributed by atoms with van der Waals surface area (Å²) in [6.07, 6.45) is 3.55. The molecule has 0 bridgehead atoms. The molecule has 0 aliphatic carbocycles. The lowest BCUT2D eigenvalue weighted by molar-refractivity contribution is 0.279. The molecule has 0 unspecified atom stereocenters. The molecule has 0 aromatic carbocycles. The average Bonchev–Trinajstić information content (AvgIpc) is 2.50. The molecule has 0 aliphatic heterocycles. The molecule has 0 spiro atoms. The van der Waals surface area contributed by atoms with Gasteiger partial charge in [0.2, 0.25) is 0 Å². The molecule has 1 rings (SSSR count). The van der Waals surface area contributed by atoms with E-state index in [4.69, 9.17) is 9.63 Å². The highest BCUT2D eigenvalue weighted by Gasteiger charge is 2.02. The molecule has 0 radical (unpaired) electrons. The monoisotopic (exact) mass is 187 g/mol. The molecule has 0 amide bonds. The Morgan fingerprint density at radius 2 is 2.50 bits per heavy atom. The topological polar surface area (TPSA) is 46.3 Å². The van der Waals surface area contributed by atoms with Crippen LogP contribution in [0.3, 0.4) is 0 Å². The largest absolute Gasteiger partial charge is 0.396 e. The van der Waals surface area contributed by atoms with Crippen molar-refractivity contribution in [2.45, 2.75) is 18.6 Å². The molecule has 4 heteroatoms. The number of aromatic nitrogens is 1. The van der Waals surface area contributed by atoms with E-state index in [2.05, 4.69) is 5.16 Å². The molecule has 68 valence electrons. The van der Waals surface area contributed by atoms with Crippen molar-refractivity contribution in [3.8, 4) is 0 Å². The molecule has 0 fully saturated rings. The Morgan fingerprint density at radius 3 is 3.17 bits per heavy atom. The molecule has 0 atom stereocenters. The van der Waals surface area contributed by atoms with Gasteiger partial charge in [-0.25, -0.2) is 0 Å². The summed E-state index contributed by atoms with van der Waals surface area (Å²) >= 11 is 1.72. The Hall–Kier alpha value is -0.480. The highest BCUT2D eigenvalue weighted by molar-refractivity contribution is 7.97. The molecule has 1 aromatic rings. The predicted molar refractivity (Wildman–Crippen MR) is 49.1 cm³/mol. The standard InChI is InChI=1S/C8H13NO2S/c1-12-6-7-5-8(11-9-7)3-2-4-10/h5,10H,2-4,6H2,1H3. The first kappa shape index (κ1) is 9.61. The number of aryl methyl sites for hydroxylation is 1. The molecular weight excluding hydrogens is 174 g/mol. The van der Waals surface area contributed by atoms with E-state index in [9.17, 15) is 0 Å². The molecule has 0 saturated heterocycles. The Bertz CT molecular complexity index is 225. The first-order valence-electron chi connectivity index (χ1n) is 3.91. The fraction of sp³-hybridized carbons (Fsp3) is 0.625. The van der Waals surface area contributed by atoms with Crippen molar-refractivity contribution in [3.63, 3.8) is 0 Å². The summed E-state index contributed by atoms with van der Waals surface area (Å²) in [5.41, 5.74) is 0.982. The second-order valence-electron chi connectivity index (χ2n) is 2.54. The predicted octanol–water partition coefficient (Wildman–Crippen LogP) is 1.46. The zero-order valence-corrected chi connectivity index (χ0v) is 7.93. The molecule has 0 aliphatic rings. The van der Waals surface area contributed by atoms with E-state index >= 15 is 0 Å². The van der Waals surface area contributed by atoms with E-state index in [1.807, 2.05) is 12.3 Å². The number of rotatable bonds is 5. The Labute approximate surface area is 76.1 Å². The third kappa shape index (κ3) is 2.87. The van der Waals surface area contributed by atoms with Crippen molar-refractivity contribution in [1.29, 1.82) is 0 Å². The zero-order valence-electron chi connectivity index (χ0n) is 7.12. The van der Waals surface area contributed by atoms with Crippen LogP contribution in [0.25, 0.3) is 0 Å². The lowest BCUT2D eigenvalue weighted by Crippen LogP contribution is -1.86. The quantitative estimate of drug-likeness (QED) is 0.758. The van der Waals surface area contributed by atoms with Crippen LogP contribution in [0.15, 0.2) is 10.6 Å². The normalized spacial score (nSPS) is 10.5. The van der Waals surface area contributed by atoms with Gasteiger partial charge in [0.25, 0.3) is 0 Å². The summed E-state index contributed by atoms with van der Waals surface area (Å²) in [4.78, 5) is 0. The maximum Gasteiger partial charge on any atom is 0.137 e. The highest BCUT2D eigenvalue weighted by Crippen LogP contribution is 2.10. The van der Waals surface area contributed by atoms with Gasteiger partial charge in [0, 0.05) is 24.8 Å². The van der Waals surface area contributed by atoms with Gasteiger partial charge in [-0.05, 0) is 12.7 Å². The van der Waals surface area contributed by atoms with Crippen LogP contribution < -0.4 is 0 Å². The van der Waals surface area contributed by atoms with Gasteiger partial charge in [0.1, 0.15) is 5.76 Å². The molecule has 3 nitrogen and oxygen atoms in total. The molecule has 1 N–H and O–H groups in total. The van der Waals surface area contributed by atoms with Crippen LogP contribution in [0.5, 0.6) is 0 Å². The third-order valence-corrected chi connectivity index (χ3v) is 2.07. The van der Waals surface area contributed by atoms with Crippen LogP contribution in [-0.4, -0.2) is 23.1 Å². The van der Waals surface area contributed by atoms with E-state index in [1.54, 1.807) is 11.8 Å². The van der Waals surface area contributed by atoms with E-state index in [-0.39, 0.29) is 6.61 Å². The van der Waals surface area contributed by atoms with Crippen LogP contribution in [0, 0.1) is 0 Å². The molecular formula is C8H13NO2S. The first-order chi connectivity index (χ1) is 5.86. The minimum Gasteiger partial charge on any atom is -0.396 e. The lowest BCUT2D eigenvalue weighted by atomic mass is 10.2. The number of thioether (sulfide) groups is 1. The summed E-state index contributed by atoms with van der Waals surface area (Å²) < 4.78 is 5.04. The highest BCUT2D eigenvalue weighted by atomic mass is 32.2. The molecule has 1 aromatic heterocycles. The van der Waals surface area contributed by atoms with Gasteiger partial charge in [-0.2, -0.15) is 11.8 Å². The van der Waals surface area contributed by atoms with Gasteiger partial charge in [-0.15, -0.1) is 0 Å². The van der Waals surface area contributed by atoms with Crippen LogP contribution in [0.1, 0.15) is 17.9 Å². The van der Waals surface area contributed by atoms with Crippen molar-refractivity contribution in [2.24, 2.45) is 0 Å². The SMILES string of the molecule is CSCc1cc(CCCO)on1. The molecule has 12 heavy (non-hydrogen) atoms. The smallest absolute Gasteiger partial charge is 0.137 e. The van der Waals surface area contributed by atoms with Crippen molar-refractivity contribution in [2.75, 3.05) is 12.9 Å². The average molecular weight is 187 g/mol. The Balaban J connectivity index is 2.41. The maximum atomic E-state index is 8.57. The van der Waals surface area contributed by atoms with Gasteiger partial charge in [0.05, 0.1) is 5.69 Å². The molecule has 1 heterocycles. The van der Waals surface area contributed by atoms with E-state index in [1.165, 1.54) is 0 Å². The summed E-state index contributed by atoms with van der Waals surface area (Å²) in [7, 11) is 0. The van der Waals surface area contributed by atoms with Crippen molar-refractivity contribution >= 4 is 11.8 Å². The number of nitrogens with zero attached hydrogens (tertiary/aromatic N) is 1. The second-order valence-corrected chi connectivity index (χ2v) is 3.41. The number of hydrogen-bond donors (Lipinski definition) is 1. The number of aliphatic hydroxyl groups is 1.